The lowest BCUT2D eigenvalue weighted by atomic mass is 9.67. The number of nitrogens with zero attached hydrogens (tertiary/aromatic N) is 5. The van der Waals surface area contributed by atoms with Crippen LogP contribution >= 0.6 is 0 Å². The van der Waals surface area contributed by atoms with Crippen molar-refractivity contribution in [2.45, 2.75) is 109 Å². The molecule has 0 bridgehead atoms. The molecule has 6 rings (SSSR count). The fourth-order valence-electron chi connectivity index (χ4n) is 7.29. The summed E-state index contributed by atoms with van der Waals surface area (Å²) in [5.41, 5.74) is 4.29. The van der Waals surface area contributed by atoms with E-state index in [-0.39, 0.29) is 36.3 Å². The van der Waals surface area contributed by atoms with Crippen molar-refractivity contribution in [2.75, 3.05) is 6.54 Å². The Morgan fingerprint density at radius 2 is 1.55 bits per heavy atom. The number of aryl methyl sites for hydroxylation is 2. The number of nitrogens with one attached hydrogen (secondary N) is 4. The van der Waals surface area contributed by atoms with Gasteiger partial charge in [-0.05, 0) is 120 Å². The molecule has 12 heteroatoms. The van der Waals surface area contributed by atoms with Crippen molar-refractivity contribution in [3.63, 3.8) is 0 Å². The zero-order chi connectivity index (χ0) is 35.3. The number of benzene rings is 2. The molecule has 4 N–H and O–H groups in total. The molecule has 3 aromatic rings. The second kappa shape index (κ2) is 12.5. The number of hydrogen-bond acceptors (Lipinski definition) is 8. The third-order valence-corrected chi connectivity index (χ3v) is 9.38. The molecule has 2 aliphatic carbocycles. The zero-order valence-electron chi connectivity index (χ0n) is 29.3. The van der Waals surface area contributed by atoms with Crippen LogP contribution in [-0.2, 0) is 23.1 Å². The number of aromatic amines is 1. The Labute approximate surface area is 287 Å². The van der Waals surface area contributed by atoms with Crippen molar-refractivity contribution in [1.82, 2.24) is 41.5 Å². The number of likely N-dealkylation sites (tertiary alicyclic amines) is 1. The molecule has 1 aromatic heterocycles. The average Bonchev–Trinajstić information content (AvgIpc) is 3.41. The van der Waals surface area contributed by atoms with E-state index in [4.69, 9.17) is 0 Å². The topological polar surface area (TPSA) is 169 Å². The number of H-pyrrole nitrogens is 1. The van der Waals surface area contributed by atoms with Crippen LogP contribution in [0.15, 0.2) is 48.0 Å². The van der Waals surface area contributed by atoms with E-state index in [9.17, 15) is 19.6 Å². The van der Waals surface area contributed by atoms with Crippen LogP contribution in [0, 0.1) is 11.3 Å². The molecule has 3 aliphatic rings. The summed E-state index contributed by atoms with van der Waals surface area (Å²) in [6.07, 6.45) is 4.32. The first-order chi connectivity index (χ1) is 23.1. The van der Waals surface area contributed by atoms with Crippen LogP contribution in [0.3, 0.4) is 0 Å². The highest BCUT2D eigenvalue weighted by Gasteiger charge is 2.48. The molecule has 1 unspecified atom stereocenters. The van der Waals surface area contributed by atoms with Gasteiger partial charge in [-0.2, -0.15) is 10.5 Å². The number of tetrazole rings is 1. The number of amides is 3. The van der Waals surface area contributed by atoms with Gasteiger partial charge in [-0.25, -0.2) is 0 Å². The monoisotopic (exact) mass is 663 g/mol. The molecule has 2 heterocycles. The van der Waals surface area contributed by atoms with Crippen LogP contribution in [0.2, 0.25) is 0 Å². The van der Waals surface area contributed by atoms with E-state index in [2.05, 4.69) is 42.6 Å². The molecule has 1 aliphatic heterocycles. The number of carbonyl (C=O) groups excluding carboxylic acids is 3. The molecular weight excluding hydrogens is 618 g/mol. The standard InChI is InChI=1S/C37H45N9O3/c1-21(39-20-31(47)46-27(19-38)16-26-17-30(26)46)18-37(34-42-44-45-43-34)28-12-10-24(32(48)40-35(2,3)4)14-22(28)8-9-23-15-25(11-13-29(23)37)33(49)41-36(5,6)7/h10-15,17,21,27,30,39H,8-9,16,18,20H2,1-7H3,(H,40,48)(H,41,49)(H,42,43,44,45)/t21-,27?,30+/m1/s1. The summed E-state index contributed by atoms with van der Waals surface area (Å²) in [6.45, 7) is 13.8. The highest BCUT2D eigenvalue weighted by molar-refractivity contribution is 5.96. The fraction of sp³-hybridized carbons (Fsp3) is 0.486. The van der Waals surface area contributed by atoms with E-state index >= 15 is 0 Å². The van der Waals surface area contributed by atoms with Gasteiger partial charge in [0.15, 0.2) is 5.82 Å². The number of carbonyl (C=O) groups is 3. The predicted molar refractivity (Wildman–Crippen MR) is 184 cm³/mol. The number of fused-ring (bicyclic) bond motifs is 3. The summed E-state index contributed by atoms with van der Waals surface area (Å²) in [7, 11) is 0. The molecule has 1 fully saturated rings. The van der Waals surface area contributed by atoms with Crippen molar-refractivity contribution in [1.29, 1.82) is 5.26 Å². The van der Waals surface area contributed by atoms with Crippen LogP contribution in [0.4, 0.5) is 0 Å². The number of rotatable bonds is 8. The van der Waals surface area contributed by atoms with Crippen molar-refractivity contribution < 1.29 is 14.4 Å². The number of nitriles is 1. The van der Waals surface area contributed by atoms with Gasteiger partial charge in [-0.15, -0.1) is 10.2 Å². The lowest BCUT2D eigenvalue weighted by Crippen LogP contribution is -2.46. The molecule has 0 spiro atoms. The molecule has 256 valence electrons. The van der Waals surface area contributed by atoms with E-state index in [1.807, 2.05) is 90.9 Å². The molecule has 1 saturated heterocycles. The minimum absolute atomic E-state index is 0.0325. The molecule has 12 nitrogen and oxygen atoms in total. The molecule has 3 atom stereocenters. The molecule has 0 saturated carbocycles. The largest absolute Gasteiger partial charge is 0.347 e. The Morgan fingerprint density at radius 1 is 0.980 bits per heavy atom. The van der Waals surface area contributed by atoms with Crippen LogP contribution < -0.4 is 16.0 Å². The van der Waals surface area contributed by atoms with E-state index in [1.54, 1.807) is 4.90 Å². The summed E-state index contributed by atoms with van der Waals surface area (Å²) in [6, 6.07) is 13.1. The van der Waals surface area contributed by atoms with Crippen molar-refractivity contribution in [3.8, 4) is 6.07 Å². The minimum atomic E-state index is -0.949. The third-order valence-electron chi connectivity index (χ3n) is 9.38. The van der Waals surface area contributed by atoms with Gasteiger partial charge < -0.3 is 20.9 Å². The van der Waals surface area contributed by atoms with Crippen LogP contribution in [0.1, 0.15) is 110 Å². The van der Waals surface area contributed by atoms with Crippen LogP contribution in [0.25, 0.3) is 0 Å². The lowest BCUT2D eigenvalue weighted by Gasteiger charge is -2.36. The summed E-state index contributed by atoms with van der Waals surface area (Å²) in [5, 5.41) is 34.9. The number of aromatic nitrogens is 4. The van der Waals surface area contributed by atoms with Gasteiger partial charge in [0.2, 0.25) is 5.91 Å². The van der Waals surface area contributed by atoms with E-state index in [1.165, 1.54) is 0 Å². The maximum absolute atomic E-state index is 13.4. The van der Waals surface area contributed by atoms with Gasteiger partial charge in [-0.1, -0.05) is 23.4 Å². The Bertz CT molecular complexity index is 1780. The van der Waals surface area contributed by atoms with Crippen molar-refractivity contribution in [2.24, 2.45) is 0 Å². The zero-order valence-corrected chi connectivity index (χ0v) is 29.3. The normalized spacial score (nSPS) is 19.7. The summed E-state index contributed by atoms with van der Waals surface area (Å²) in [4.78, 5) is 41.7. The van der Waals surface area contributed by atoms with E-state index in [0.29, 0.717) is 42.6 Å². The smallest absolute Gasteiger partial charge is 0.251 e. The van der Waals surface area contributed by atoms with E-state index < -0.39 is 22.5 Å². The Balaban J connectivity index is 1.41. The molecule has 3 amide bonds. The lowest BCUT2D eigenvalue weighted by molar-refractivity contribution is -0.131. The predicted octanol–water partition coefficient (Wildman–Crippen LogP) is 3.49. The Hall–Kier alpha value is -4.89. The second-order valence-electron chi connectivity index (χ2n) is 15.6. The van der Waals surface area contributed by atoms with Gasteiger partial charge in [0.25, 0.3) is 11.8 Å². The minimum Gasteiger partial charge on any atom is -0.347 e. The first kappa shape index (κ1) is 34.0. The van der Waals surface area contributed by atoms with Gasteiger partial charge in [0.05, 0.1) is 24.1 Å². The first-order valence-electron chi connectivity index (χ1n) is 16.9. The maximum atomic E-state index is 13.4. The van der Waals surface area contributed by atoms with Crippen LogP contribution in [0.5, 0.6) is 0 Å². The third kappa shape index (κ3) is 6.85. The molecule has 49 heavy (non-hydrogen) atoms. The van der Waals surface area contributed by atoms with Gasteiger partial charge in [-0.3, -0.25) is 14.4 Å². The summed E-state index contributed by atoms with van der Waals surface area (Å²) in [5.74, 6) is 0.00334. The highest BCUT2D eigenvalue weighted by Crippen LogP contribution is 2.47. The average molecular weight is 664 g/mol. The SMILES string of the molecule is C[C@H](CC1(c2nn[nH]n2)c2ccc(C(=O)NC(C)(C)C)cc2CCc2cc(C(=O)NC(C)(C)C)ccc21)NCC(=O)N1C(C#N)CC2=C[C@@H]21. The van der Waals surface area contributed by atoms with E-state index in [0.717, 1.165) is 27.8 Å². The van der Waals surface area contributed by atoms with Gasteiger partial charge in [0.1, 0.15) is 6.04 Å². The molecule has 0 radical (unpaired) electrons. The second-order valence-corrected chi connectivity index (χ2v) is 15.6. The van der Waals surface area contributed by atoms with Crippen LogP contribution in [-0.4, -0.2) is 79.0 Å². The Morgan fingerprint density at radius 3 is 2.04 bits per heavy atom. The van der Waals surface area contributed by atoms with Crippen molar-refractivity contribution in [3.05, 3.63) is 87.3 Å². The fourth-order valence-corrected chi connectivity index (χ4v) is 7.29. The van der Waals surface area contributed by atoms with Gasteiger partial charge >= 0.3 is 0 Å². The van der Waals surface area contributed by atoms with Gasteiger partial charge in [0, 0.05) is 34.7 Å². The quantitative estimate of drug-likeness (QED) is 0.266. The first-order valence-corrected chi connectivity index (χ1v) is 16.9. The highest BCUT2D eigenvalue weighted by atomic mass is 16.2. The molecule has 2 aromatic carbocycles. The maximum Gasteiger partial charge on any atom is 0.251 e. The number of hydrogen-bond donors (Lipinski definition) is 4. The summed E-state index contributed by atoms with van der Waals surface area (Å²) < 4.78 is 0. The Kier molecular flexibility index (Phi) is 8.69. The molecular formula is C37H45N9O3. The summed E-state index contributed by atoms with van der Waals surface area (Å²) >= 11 is 0. The van der Waals surface area contributed by atoms with Crippen molar-refractivity contribution >= 4 is 17.7 Å².